The Morgan fingerprint density at radius 1 is 1.07 bits per heavy atom. The summed E-state index contributed by atoms with van der Waals surface area (Å²) in [5, 5.41) is 0.930. The van der Waals surface area contributed by atoms with Gasteiger partial charge in [0.05, 0.1) is 10.0 Å². The average Bonchev–Trinajstić information content (AvgIpc) is 2.76. The van der Waals surface area contributed by atoms with Crippen molar-refractivity contribution in [3.05, 3.63) is 39.9 Å². The Morgan fingerprint density at radius 2 is 1.83 bits per heavy atom. The van der Waals surface area contributed by atoms with Crippen LogP contribution in [0.15, 0.2) is 24.3 Å². The van der Waals surface area contributed by atoms with E-state index in [4.69, 9.17) is 23.2 Å². The number of hydrogen-bond donors (Lipinski definition) is 0. The lowest BCUT2D eigenvalue weighted by Crippen LogP contribution is -2.58. The monoisotopic (exact) mass is 451 g/mol. The van der Waals surface area contributed by atoms with Crippen LogP contribution in [0, 0.1) is 0 Å². The van der Waals surface area contributed by atoms with Crippen molar-refractivity contribution in [2.75, 3.05) is 39.3 Å². The first-order chi connectivity index (χ1) is 14.5. The highest BCUT2D eigenvalue weighted by Gasteiger charge is 2.35. The Balaban J connectivity index is 1.54. The zero-order valence-electron chi connectivity index (χ0n) is 17.7. The van der Waals surface area contributed by atoms with Crippen molar-refractivity contribution in [3.8, 4) is 0 Å². The Kier molecular flexibility index (Phi) is 8.61. The highest BCUT2D eigenvalue weighted by atomic mass is 35.5. The molecular weight excluding hydrogens is 421 g/mol. The number of carbonyl (C=O) groups is 2. The number of likely N-dealkylation sites (tertiary alicyclic amines) is 1. The van der Waals surface area contributed by atoms with Crippen molar-refractivity contribution in [2.24, 2.45) is 0 Å². The molecule has 0 radical (unpaired) electrons. The molecule has 2 amide bonds. The Hall–Kier alpha value is -1.56. The van der Waals surface area contributed by atoms with Gasteiger partial charge in [0.25, 0.3) is 0 Å². The normalized spacial score (nSPS) is 20.9. The number of carbonyl (C=O) groups excluding carboxylic acids is 2. The highest BCUT2D eigenvalue weighted by molar-refractivity contribution is 6.42. The van der Waals surface area contributed by atoms with Gasteiger partial charge < -0.3 is 14.7 Å². The average molecular weight is 452 g/mol. The molecule has 7 heteroatoms. The fraction of sp³-hybridized carbons (Fsp3) is 0.565. The molecule has 0 N–H and O–H groups in total. The molecule has 1 unspecified atom stereocenters. The first-order valence-electron chi connectivity index (χ1n) is 10.9. The lowest BCUT2D eigenvalue weighted by atomic mass is 10.1. The van der Waals surface area contributed by atoms with Crippen LogP contribution in [0.2, 0.25) is 10.0 Å². The molecule has 1 aromatic rings. The molecule has 3 rings (SSSR count). The van der Waals surface area contributed by atoms with Crippen molar-refractivity contribution in [3.63, 3.8) is 0 Å². The predicted molar refractivity (Wildman–Crippen MR) is 123 cm³/mol. The van der Waals surface area contributed by atoms with E-state index in [9.17, 15) is 9.59 Å². The third-order valence-electron chi connectivity index (χ3n) is 5.97. The molecule has 2 heterocycles. The second kappa shape index (κ2) is 11.2. The SMILES string of the molecule is CCC1C(=O)N(CCCN2CCCCC2)CCN1C(=O)/C=C/c1ccc(Cl)c(Cl)c1. The van der Waals surface area contributed by atoms with Gasteiger partial charge in [0.1, 0.15) is 6.04 Å². The molecule has 0 aliphatic carbocycles. The van der Waals surface area contributed by atoms with E-state index in [0.29, 0.717) is 29.6 Å². The maximum Gasteiger partial charge on any atom is 0.247 e. The third-order valence-corrected chi connectivity index (χ3v) is 6.71. The molecule has 30 heavy (non-hydrogen) atoms. The number of benzene rings is 1. The second-order valence-electron chi connectivity index (χ2n) is 8.04. The molecule has 2 fully saturated rings. The summed E-state index contributed by atoms with van der Waals surface area (Å²) in [6.45, 7) is 7.31. The number of piperidine rings is 1. The zero-order valence-corrected chi connectivity index (χ0v) is 19.2. The zero-order chi connectivity index (χ0) is 21.5. The van der Waals surface area contributed by atoms with Gasteiger partial charge in [0, 0.05) is 25.7 Å². The summed E-state index contributed by atoms with van der Waals surface area (Å²) < 4.78 is 0. The second-order valence-corrected chi connectivity index (χ2v) is 8.86. The van der Waals surface area contributed by atoms with E-state index in [0.717, 1.165) is 25.1 Å². The van der Waals surface area contributed by atoms with Crippen LogP contribution in [0.4, 0.5) is 0 Å². The minimum atomic E-state index is -0.389. The summed E-state index contributed by atoms with van der Waals surface area (Å²) in [7, 11) is 0. The van der Waals surface area contributed by atoms with Crippen LogP contribution in [-0.4, -0.2) is 71.8 Å². The molecule has 2 aliphatic rings. The summed E-state index contributed by atoms with van der Waals surface area (Å²) in [4.78, 5) is 31.9. The van der Waals surface area contributed by atoms with E-state index in [1.807, 2.05) is 11.8 Å². The summed E-state index contributed by atoms with van der Waals surface area (Å²) in [6.07, 6.45) is 8.75. The van der Waals surface area contributed by atoms with E-state index in [2.05, 4.69) is 4.90 Å². The number of hydrogen-bond acceptors (Lipinski definition) is 3. The van der Waals surface area contributed by atoms with Crippen LogP contribution in [-0.2, 0) is 9.59 Å². The lowest BCUT2D eigenvalue weighted by molar-refractivity contribution is -0.149. The smallest absolute Gasteiger partial charge is 0.247 e. The largest absolute Gasteiger partial charge is 0.339 e. The van der Waals surface area contributed by atoms with E-state index in [1.54, 1.807) is 29.2 Å². The maximum absolute atomic E-state index is 13.0. The number of nitrogens with zero attached hydrogens (tertiary/aromatic N) is 3. The fourth-order valence-corrected chi connectivity index (χ4v) is 4.57. The van der Waals surface area contributed by atoms with E-state index in [1.165, 1.54) is 38.4 Å². The highest BCUT2D eigenvalue weighted by Crippen LogP contribution is 2.23. The molecule has 0 bridgehead atoms. The molecule has 0 saturated carbocycles. The Labute approximate surface area is 189 Å². The van der Waals surface area contributed by atoms with Crippen LogP contribution >= 0.6 is 23.2 Å². The van der Waals surface area contributed by atoms with Gasteiger partial charge >= 0.3 is 0 Å². The number of rotatable bonds is 7. The van der Waals surface area contributed by atoms with Crippen molar-refractivity contribution in [2.45, 2.75) is 45.1 Å². The van der Waals surface area contributed by atoms with E-state index >= 15 is 0 Å². The molecule has 164 valence electrons. The van der Waals surface area contributed by atoms with Crippen LogP contribution in [0.5, 0.6) is 0 Å². The predicted octanol–water partition coefficient (Wildman–Crippen LogP) is 4.33. The Bertz CT molecular complexity index is 778. The van der Waals surface area contributed by atoms with Crippen molar-refractivity contribution < 1.29 is 9.59 Å². The van der Waals surface area contributed by atoms with Gasteiger partial charge in [-0.15, -0.1) is 0 Å². The van der Waals surface area contributed by atoms with Crippen LogP contribution < -0.4 is 0 Å². The summed E-state index contributed by atoms with van der Waals surface area (Å²) in [6, 6.07) is 4.84. The third kappa shape index (κ3) is 5.99. The number of amides is 2. The van der Waals surface area contributed by atoms with Gasteiger partial charge in [-0.3, -0.25) is 9.59 Å². The standard InChI is InChI=1S/C23H31Cl2N3O2/c1-2-21-23(30)27(14-6-13-26-11-4-3-5-12-26)15-16-28(21)22(29)10-8-18-7-9-19(24)20(25)17-18/h7-10,17,21H,2-6,11-16H2,1H3/b10-8+. The number of halogens is 2. The molecule has 0 aromatic heterocycles. The topological polar surface area (TPSA) is 43.9 Å². The minimum absolute atomic E-state index is 0.0682. The van der Waals surface area contributed by atoms with Gasteiger partial charge in [0.15, 0.2) is 0 Å². The van der Waals surface area contributed by atoms with Crippen molar-refractivity contribution in [1.29, 1.82) is 0 Å². The molecule has 2 saturated heterocycles. The Morgan fingerprint density at radius 3 is 2.53 bits per heavy atom. The van der Waals surface area contributed by atoms with Gasteiger partial charge in [-0.05, 0) is 69.1 Å². The number of piperazine rings is 1. The van der Waals surface area contributed by atoms with Gasteiger partial charge in [-0.1, -0.05) is 42.6 Å². The van der Waals surface area contributed by atoms with Crippen LogP contribution in [0.25, 0.3) is 6.08 Å². The van der Waals surface area contributed by atoms with Gasteiger partial charge in [-0.25, -0.2) is 0 Å². The molecule has 1 atom stereocenters. The fourth-order valence-electron chi connectivity index (χ4n) is 4.27. The summed E-state index contributed by atoms with van der Waals surface area (Å²) in [5.41, 5.74) is 0.800. The van der Waals surface area contributed by atoms with Crippen molar-refractivity contribution in [1.82, 2.24) is 14.7 Å². The van der Waals surface area contributed by atoms with Crippen molar-refractivity contribution >= 4 is 41.1 Å². The maximum atomic E-state index is 13.0. The first-order valence-corrected chi connectivity index (χ1v) is 11.7. The molecule has 5 nitrogen and oxygen atoms in total. The van der Waals surface area contributed by atoms with Crippen LogP contribution in [0.3, 0.4) is 0 Å². The first kappa shape index (κ1) is 23.1. The quantitative estimate of drug-likeness (QED) is 0.579. The summed E-state index contributed by atoms with van der Waals surface area (Å²) >= 11 is 12.0. The molecule has 2 aliphatic heterocycles. The molecular formula is C23H31Cl2N3O2. The molecule has 1 aromatic carbocycles. The minimum Gasteiger partial charge on any atom is -0.339 e. The molecule has 0 spiro atoms. The summed E-state index contributed by atoms with van der Waals surface area (Å²) in [5.74, 6) is -0.0760. The van der Waals surface area contributed by atoms with E-state index in [-0.39, 0.29) is 17.9 Å². The van der Waals surface area contributed by atoms with Gasteiger partial charge in [0.2, 0.25) is 11.8 Å². The van der Waals surface area contributed by atoms with Gasteiger partial charge in [-0.2, -0.15) is 0 Å². The van der Waals surface area contributed by atoms with E-state index < -0.39 is 0 Å². The van der Waals surface area contributed by atoms with Crippen LogP contribution in [0.1, 0.15) is 44.6 Å². The lowest BCUT2D eigenvalue weighted by Gasteiger charge is -2.40.